The molecule has 0 bridgehead atoms. The molecule has 0 spiro atoms. The summed E-state index contributed by atoms with van der Waals surface area (Å²) in [6.07, 6.45) is 5.31. The van der Waals surface area contributed by atoms with Gasteiger partial charge in [0.2, 0.25) is 5.91 Å². The van der Waals surface area contributed by atoms with Gasteiger partial charge in [-0.05, 0) is 43.7 Å². The first-order chi connectivity index (χ1) is 9.26. The molecular formula is C15H24N2OS. The molecule has 1 aromatic rings. The Labute approximate surface area is 119 Å². The Hall–Kier alpha value is -0.870. The van der Waals surface area contributed by atoms with Gasteiger partial charge in [0.1, 0.15) is 0 Å². The van der Waals surface area contributed by atoms with Gasteiger partial charge < -0.3 is 10.6 Å². The minimum Gasteiger partial charge on any atom is -0.339 e. The SMILES string of the molecule is CCN(C(=O)Cc1cccs1)C1CCCCC1CN. The number of likely N-dealkylation sites (N-methyl/N-ethyl adjacent to an activating group) is 1. The van der Waals surface area contributed by atoms with Crippen LogP contribution in [0.25, 0.3) is 0 Å². The summed E-state index contributed by atoms with van der Waals surface area (Å²) in [6, 6.07) is 4.40. The standard InChI is InChI=1S/C15H24N2OS/c1-2-17(14-8-4-3-6-12(14)11-16)15(18)10-13-7-5-9-19-13/h5,7,9,12,14H,2-4,6,8,10-11,16H2,1H3. The number of hydrogen-bond acceptors (Lipinski definition) is 3. The van der Waals surface area contributed by atoms with E-state index in [4.69, 9.17) is 5.73 Å². The maximum Gasteiger partial charge on any atom is 0.228 e. The van der Waals surface area contributed by atoms with Crippen LogP contribution in [0.15, 0.2) is 17.5 Å². The van der Waals surface area contributed by atoms with Crippen molar-refractivity contribution in [3.8, 4) is 0 Å². The number of amides is 1. The fourth-order valence-corrected chi connectivity index (χ4v) is 3.83. The summed E-state index contributed by atoms with van der Waals surface area (Å²) in [5, 5.41) is 2.03. The highest BCUT2D eigenvalue weighted by Gasteiger charge is 2.31. The van der Waals surface area contributed by atoms with E-state index < -0.39 is 0 Å². The van der Waals surface area contributed by atoms with Gasteiger partial charge in [-0.25, -0.2) is 0 Å². The molecule has 0 aliphatic heterocycles. The van der Waals surface area contributed by atoms with Crippen molar-refractivity contribution < 1.29 is 4.79 Å². The molecule has 1 saturated carbocycles. The number of rotatable bonds is 5. The molecule has 1 aliphatic carbocycles. The van der Waals surface area contributed by atoms with Gasteiger partial charge >= 0.3 is 0 Å². The van der Waals surface area contributed by atoms with E-state index in [0.29, 0.717) is 24.9 Å². The lowest BCUT2D eigenvalue weighted by Gasteiger charge is -2.39. The third kappa shape index (κ3) is 3.57. The van der Waals surface area contributed by atoms with Gasteiger partial charge in [-0.2, -0.15) is 0 Å². The minimum absolute atomic E-state index is 0.260. The van der Waals surface area contributed by atoms with Crippen LogP contribution < -0.4 is 5.73 Å². The highest BCUT2D eigenvalue weighted by molar-refractivity contribution is 7.10. The number of hydrogen-bond donors (Lipinski definition) is 1. The van der Waals surface area contributed by atoms with Gasteiger partial charge in [-0.3, -0.25) is 4.79 Å². The van der Waals surface area contributed by atoms with E-state index in [9.17, 15) is 4.79 Å². The van der Waals surface area contributed by atoms with E-state index in [1.165, 1.54) is 19.3 Å². The first-order valence-corrected chi connectivity index (χ1v) is 8.16. The summed E-state index contributed by atoms with van der Waals surface area (Å²) < 4.78 is 0. The summed E-state index contributed by atoms with van der Waals surface area (Å²) in [5.74, 6) is 0.747. The van der Waals surface area contributed by atoms with Crippen molar-refractivity contribution in [2.45, 2.75) is 45.1 Å². The van der Waals surface area contributed by atoms with E-state index in [2.05, 4.69) is 11.8 Å². The van der Waals surface area contributed by atoms with Gasteiger partial charge in [0, 0.05) is 17.5 Å². The molecule has 106 valence electrons. The molecule has 0 saturated heterocycles. The molecule has 3 nitrogen and oxygen atoms in total. The van der Waals surface area contributed by atoms with Crippen molar-refractivity contribution in [1.82, 2.24) is 4.90 Å². The molecule has 19 heavy (non-hydrogen) atoms. The predicted octanol–water partition coefficient (Wildman–Crippen LogP) is 2.66. The predicted molar refractivity (Wildman–Crippen MR) is 80.2 cm³/mol. The molecule has 2 unspecified atom stereocenters. The summed E-state index contributed by atoms with van der Waals surface area (Å²) in [7, 11) is 0. The van der Waals surface area contributed by atoms with E-state index in [1.54, 1.807) is 11.3 Å². The van der Waals surface area contributed by atoms with Crippen LogP contribution in [0.1, 0.15) is 37.5 Å². The smallest absolute Gasteiger partial charge is 0.228 e. The zero-order valence-electron chi connectivity index (χ0n) is 11.7. The second kappa shape index (κ2) is 7.06. The summed E-state index contributed by atoms with van der Waals surface area (Å²) in [4.78, 5) is 15.7. The van der Waals surface area contributed by atoms with E-state index in [-0.39, 0.29) is 5.91 Å². The fraction of sp³-hybridized carbons (Fsp3) is 0.667. The van der Waals surface area contributed by atoms with Gasteiger partial charge in [0.15, 0.2) is 0 Å². The van der Waals surface area contributed by atoms with Crippen molar-refractivity contribution in [1.29, 1.82) is 0 Å². The first-order valence-electron chi connectivity index (χ1n) is 7.28. The molecule has 2 N–H and O–H groups in total. The van der Waals surface area contributed by atoms with Crippen LogP contribution in [0.2, 0.25) is 0 Å². The van der Waals surface area contributed by atoms with Crippen LogP contribution >= 0.6 is 11.3 Å². The van der Waals surface area contributed by atoms with Crippen LogP contribution in [0.3, 0.4) is 0 Å². The van der Waals surface area contributed by atoms with Gasteiger partial charge in [-0.15, -0.1) is 11.3 Å². The molecule has 1 heterocycles. The Morgan fingerprint density at radius 3 is 2.89 bits per heavy atom. The van der Waals surface area contributed by atoms with E-state index >= 15 is 0 Å². The van der Waals surface area contributed by atoms with Crippen molar-refractivity contribution in [3.05, 3.63) is 22.4 Å². The van der Waals surface area contributed by atoms with Gasteiger partial charge in [0.05, 0.1) is 6.42 Å². The Bertz CT molecular complexity index is 391. The summed E-state index contributed by atoms with van der Waals surface area (Å²) in [5.41, 5.74) is 5.89. The largest absolute Gasteiger partial charge is 0.339 e. The maximum absolute atomic E-state index is 12.5. The molecular weight excluding hydrogens is 256 g/mol. The average molecular weight is 280 g/mol. The van der Waals surface area contributed by atoms with Crippen LogP contribution in [-0.4, -0.2) is 29.9 Å². The zero-order chi connectivity index (χ0) is 13.7. The number of carbonyl (C=O) groups excluding carboxylic acids is 1. The topological polar surface area (TPSA) is 46.3 Å². The normalized spacial score (nSPS) is 23.3. The van der Waals surface area contributed by atoms with Crippen molar-refractivity contribution in [2.75, 3.05) is 13.1 Å². The summed E-state index contributed by atoms with van der Waals surface area (Å²) >= 11 is 1.66. The molecule has 1 amide bonds. The quantitative estimate of drug-likeness (QED) is 0.901. The molecule has 2 atom stereocenters. The van der Waals surface area contributed by atoms with E-state index in [1.807, 2.05) is 17.5 Å². The number of nitrogens with zero attached hydrogens (tertiary/aromatic N) is 1. The maximum atomic E-state index is 12.5. The Kier molecular flexibility index (Phi) is 5.40. The van der Waals surface area contributed by atoms with Gasteiger partial charge in [-0.1, -0.05) is 18.9 Å². The number of carbonyl (C=O) groups is 1. The second-order valence-electron chi connectivity index (χ2n) is 5.28. The molecule has 1 aliphatic rings. The Morgan fingerprint density at radius 2 is 2.26 bits per heavy atom. The number of thiophene rings is 1. The summed E-state index contributed by atoms with van der Waals surface area (Å²) in [6.45, 7) is 3.58. The first kappa shape index (κ1) is 14.5. The van der Waals surface area contributed by atoms with Gasteiger partial charge in [0.25, 0.3) is 0 Å². The van der Waals surface area contributed by atoms with Crippen molar-refractivity contribution in [2.24, 2.45) is 11.7 Å². The molecule has 1 aromatic heterocycles. The molecule has 1 fully saturated rings. The lowest BCUT2D eigenvalue weighted by Crippen LogP contribution is -2.48. The van der Waals surface area contributed by atoms with Crippen LogP contribution in [0.5, 0.6) is 0 Å². The molecule has 4 heteroatoms. The molecule has 2 rings (SSSR count). The lowest BCUT2D eigenvalue weighted by atomic mass is 9.83. The number of nitrogens with two attached hydrogens (primary N) is 1. The average Bonchev–Trinajstić information content (AvgIpc) is 2.93. The van der Waals surface area contributed by atoms with Crippen LogP contribution in [-0.2, 0) is 11.2 Å². The van der Waals surface area contributed by atoms with Crippen LogP contribution in [0.4, 0.5) is 0 Å². The van der Waals surface area contributed by atoms with Crippen molar-refractivity contribution >= 4 is 17.2 Å². The minimum atomic E-state index is 0.260. The highest BCUT2D eigenvalue weighted by Crippen LogP contribution is 2.28. The Morgan fingerprint density at radius 1 is 1.47 bits per heavy atom. The second-order valence-corrected chi connectivity index (χ2v) is 6.32. The van der Waals surface area contributed by atoms with Crippen molar-refractivity contribution in [3.63, 3.8) is 0 Å². The highest BCUT2D eigenvalue weighted by atomic mass is 32.1. The lowest BCUT2D eigenvalue weighted by molar-refractivity contribution is -0.134. The zero-order valence-corrected chi connectivity index (χ0v) is 12.5. The fourth-order valence-electron chi connectivity index (χ4n) is 3.13. The van der Waals surface area contributed by atoms with E-state index in [0.717, 1.165) is 17.8 Å². The van der Waals surface area contributed by atoms with Crippen LogP contribution in [0, 0.1) is 5.92 Å². The molecule has 0 radical (unpaired) electrons. The Balaban J connectivity index is 2.03. The molecule has 0 aromatic carbocycles. The monoisotopic (exact) mass is 280 g/mol. The third-order valence-corrected chi connectivity index (χ3v) is 5.02. The third-order valence-electron chi connectivity index (χ3n) is 4.14.